The van der Waals surface area contributed by atoms with Crippen molar-refractivity contribution >= 4 is 11.6 Å². The summed E-state index contributed by atoms with van der Waals surface area (Å²) < 4.78 is 0. The highest BCUT2D eigenvalue weighted by Gasteiger charge is 2.13. The average Bonchev–Trinajstić information content (AvgIpc) is 2.25. The number of unbranched alkanes of at least 4 members (excludes halogenated alkanes) is 1. The first-order chi connectivity index (χ1) is 7.29. The summed E-state index contributed by atoms with van der Waals surface area (Å²) >= 11 is 6.17. The Morgan fingerprint density at radius 2 is 2.07 bits per heavy atom. The number of rotatable bonds is 6. The van der Waals surface area contributed by atoms with E-state index in [0.717, 1.165) is 5.02 Å². The fraction of sp³-hybridized carbons (Fsp3) is 0.615. The third-order valence-electron chi connectivity index (χ3n) is 2.79. The Morgan fingerprint density at radius 1 is 1.27 bits per heavy atom. The molecule has 1 heterocycles. The number of nitrogens with zero attached hydrogens (tertiary/aromatic N) is 1. The van der Waals surface area contributed by atoms with Crippen molar-refractivity contribution in [1.82, 2.24) is 4.98 Å². The molecule has 1 aromatic heterocycles. The van der Waals surface area contributed by atoms with Gasteiger partial charge in [0.15, 0.2) is 0 Å². The molecule has 0 saturated heterocycles. The molecule has 0 N–H and O–H groups in total. The predicted octanol–water partition coefficient (Wildman–Crippen LogP) is 4.81. The molecule has 0 aliphatic carbocycles. The molecule has 1 rings (SSSR count). The topological polar surface area (TPSA) is 12.9 Å². The second-order valence-corrected chi connectivity index (χ2v) is 4.43. The molecule has 15 heavy (non-hydrogen) atoms. The molecule has 0 aliphatic heterocycles. The van der Waals surface area contributed by atoms with Crippen LogP contribution in [0.3, 0.4) is 0 Å². The highest BCUT2D eigenvalue weighted by molar-refractivity contribution is 6.31. The monoisotopic (exact) mass is 225 g/mol. The molecular weight excluding hydrogens is 206 g/mol. The first-order valence-electron chi connectivity index (χ1n) is 5.89. The lowest BCUT2D eigenvalue weighted by atomic mass is 9.90. The maximum Gasteiger partial charge on any atom is 0.0624 e. The first kappa shape index (κ1) is 12.5. The first-order valence-corrected chi connectivity index (χ1v) is 6.26. The molecule has 0 fully saturated rings. The summed E-state index contributed by atoms with van der Waals surface area (Å²) in [4.78, 5) is 4.04. The van der Waals surface area contributed by atoms with E-state index in [9.17, 15) is 0 Å². The lowest BCUT2D eigenvalue weighted by Crippen LogP contribution is -2.00. The Labute approximate surface area is 97.9 Å². The molecular formula is C13H20ClN. The summed E-state index contributed by atoms with van der Waals surface area (Å²) in [5, 5.41) is 0.826. The summed E-state index contributed by atoms with van der Waals surface area (Å²) in [7, 11) is 0. The second-order valence-electron chi connectivity index (χ2n) is 4.03. The lowest BCUT2D eigenvalue weighted by molar-refractivity contribution is 0.541. The van der Waals surface area contributed by atoms with E-state index in [0.29, 0.717) is 5.92 Å². The molecule has 1 nitrogen and oxygen atoms in total. The van der Waals surface area contributed by atoms with Gasteiger partial charge in [-0.3, -0.25) is 4.98 Å². The zero-order valence-electron chi connectivity index (χ0n) is 9.67. The van der Waals surface area contributed by atoms with Crippen LogP contribution in [0.15, 0.2) is 18.5 Å². The van der Waals surface area contributed by atoms with Gasteiger partial charge in [-0.15, -0.1) is 0 Å². The van der Waals surface area contributed by atoms with Crippen LogP contribution in [-0.4, -0.2) is 4.98 Å². The molecule has 0 saturated carbocycles. The standard InChI is InChI=1S/C13H20ClN/c1-3-5-7-11(6-4-2)12-8-9-15-10-13(12)14/h8-11H,3-7H2,1-2H3. The van der Waals surface area contributed by atoms with E-state index in [-0.39, 0.29) is 0 Å². The van der Waals surface area contributed by atoms with Crippen molar-refractivity contribution in [1.29, 1.82) is 0 Å². The molecule has 0 spiro atoms. The van der Waals surface area contributed by atoms with Gasteiger partial charge in [-0.2, -0.15) is 0 Å². The van der Waals surface area contributed by atoms with Crippen molar-refractivity contribution in [3.63, 3.8) is 0 Å². The van der Waals surface area contributed by atoms with E-state index >= 15 is 0 Å². The molecule has 2 heteroatoms. The summed E-state index contributed by atoms with van der Waals surface area (Å²) in [6, 6.07) is 2.07. The summed E-state index contributed by atoms with van der Waals surface area (Å²) in [6.45, 7) is 4.46. The smallest absolute Gasteiger partial charge is 0.0624 e. The van der Waals surface area contributed by atoms with Crippen LogP contribution in [0, 0.1) is 0 Å². The van der Waals surface area contributed by atoms with Gasteiger partial charge in [-0.1, -0.05) is 44.7 Å². The number of pyridine rings is 1. The van der Waals surface area contributed by atoms with Gasteiger partial charge in [-0.05, 0) is 30.4 Å². The van der Waals surface area contributed by atoms with Crippen LogP contribution in [0.5, 0.6) is 0 Å². The van der Waals surface area contributed by atoms with Gasteiger partial charge >= 0.3 is 0 Å². The van der Waals surface area contributed by atoms with Gasteiger partial charge in [0.05, 0.1) is 5.02 Å². The molecule has 0 aromatic carbocycles. The zero-order chi connectivity index (χ0) is 11.1. The Morgan fingerprint density at radius 3 is 2.67 bits per heavy atom. The van der Waals surface area contributed by atoms with E-state index in [2.05, 4.69) is 24.9 Å². The molecule has 0 bridgehead atoms. The number of hydrogen-bond acceptors (Lipinski definition) is 1. The van der Waals surface area contributed by atoms with Gasteiger partial charge in [0.2, 0.25) is 0 Å². The molecule has 1 aromatic rings. The van der Waals surface area contributed by atoms with E-state index in [4.69, 9.17) is 11.6 Å². The van der Waals surface area contributed by atoms with Crippen LogP contribution in [0.4, 0.5) is 0 Å². The Bertz CT molecular complexity index is 286. The maximum absolute atomic E-state index is 6.17. The highest BCUT2D eigenvalue weighted by atomic mass is 35.5. The fourth-order valence-corrected chi connectivity index (χ4v) is 2.25. The molecule has 0 aliphatic rings. The van der Waals surface area contributed by atoms with Gasteiger partial charge < -0.3 is 0 Å². The minimum atomic E-state index is 0.616. The van der Waals surface area contributed by atoms with Crippen molar-refractivity contribution in [2.75, 3.05) is 0 Å². The predicted molar refractivity (Wildman–Crippen MR) is 66.4 cm³/mol. The largest absolute Gasteiger partial charge is 0.263 e. The van der Waals surface area contributed by atoms with Gasteiger partial charge in [0, 0.05) is 12.4 Å². The molecule has 1 atom stereocenters. The van der Waals surface area contributed by atoms with Crippen molar-refractivity contribution in [2.24, 2.45) is 0 Å². The van der Waals surface area contributed by atoms with Crippen molar-refractivity contribution in [3.05, 3.63) is 29.0 Å². The minimum Gasteiger partial charge on any atom is -0.263 e. The minimum absolute atomic E-state index is 0.616. The SMILES string of the molecule is CCCCC(CCC)c1ccncc1Cl. The average molecular weight is 226 g/mol. The number of halogens is 1. The number of hydrogen-bond donors (Lipinski definition) is 0. The van der Waals surface area contributed by atoms with Crippen LogP contribution < -0.4 is 0 Å². The van der Waals surface area contributed by atoms with Gasteiger partial charge in [0.25, 0.3) is 0 Å². The third-order valence-corrected chi connectivity index (χ3v) is 3.10. The summed E-state index contributed by atoms with van der Waals surface area (Å²) in [5.74, 6) is 0.616. The summed E-state index contributed by atoms with van der Waals surface area (Å²) in [6.07, 6.45) is 9.82. The van der Waals surface area contributed by atoms with Gasteiger partial charge in [-0.25, -0.2) is 0 Å². The quantitative estimate of drug-likeness (QED) is 0.677. The molecule has 84 valence electrons. The second kappa shape index (κ2) is 6.84. The van der Waals surface area contributed by atoms with E-state index in [1.54, 1.807) is 6.20 Å². The maximum atomic E-state index is 6.17. The van der Waals surface area contributed by atoms with Crippen molar-refractivity contribution in [2.45, 2.75) is 51.9 Å². The van der Waals surface area contributed by atoms with Crippen LogP contribution in [-0.2, 0) is 0 Å². The van der Waals surface area contributed by atoms with E-state index in [1.807, 2.05) is 6.20 Å². The van der Waals surface area contributed by atoms with Crippen LogP contribution in [0.2, 0.25) is 5.02 Å². The number of aromatic nitrogens is 1. The highest BCUT2D eigenvalue weighted by Crippen LogP contribution is 2.31. The Kier molecular flexibility index (Phi) is 5.70. The lowest BCUT2D eigenvalue weighted by Gasteiger charge is -2.17. The molecule has 0 amide bonds. The van der Waals surface area contributed by atoms with Gasteiger partial charge in [0.1, 0.15) is 0 Å². The van der Waals surface area contributed by atoms with Crippen LogP contribution >= 0.6 is 11.6 Å². The van der Waals surface area contributed by atoms with Crippen LogP contribution in [0.25, 0.3) is 0 Å². The van der Waals surface area contributed by atoms with Crippen LogP contribution in [0.1, 0.15) is 57.4 Å². The summed E-state index contributed by atoms with van der Waals surface area (Å²) in [5.41, 5.74) is 1.28. The van der Waals surface area contributed by atoms with Crippen molar-refractivity contribution < 1.29 is 0 Å². The molecule has 1 unspecified atom stereocenters. The van der Waals surface area contributed by atoms with E-state index in [1.165, 1.54) is 37.7 Å². The Balaban J connectivity index is 2.74. The van der Waals surface area contributed by atoms with Crippen molar-refractivity contribution in [3.8, 4) is 0 Å². The zero-order valence-corrected chi connectivity index (χ0v) is 10.4. The Hall–Kier alpha value is -0.560. The third kappa shape index (κ3) is 3.83. The normalized spacial score (nSPS) is 12.7. The molecule has 0 radical (unpaired) electrons. The van der Waals surface area contributed by atoms with E-state index < -0.39 is 0 Å². The fourth-order valence-electron chi connectivity index (χ4n) is 1.97.